The summed E-state index contributed by atoms with van der Waals surface area (Å²) in [5.41, 5.74) is 0.977. The number of halogens is 1. The molecule has 1 aliphatic heterocycles. The Morgan fingerprint density at radius 3 is 2.63 bits per heavy atom. The molecule has 0 saturated carbocycles. The number of anilines is 1. The topological polar surface area (TPSA) is 45.7 Å². The van der Waals surface area contributed by atoms with E-state index in [1.165, 1.54) is 0 Å². The number of ether oxygens (including phenoxy) is 1. The van der Waals surface area contributed by atoms with E-state index in [1.54, 1.807) is 4.90 Å². The standard InChI is InChI=1S/C13H18BrN3O2/c1-3-19-13(18)17-8-6-16(7-9-17)12-5-4-11(14)10(2)15-12/h4-5H,3,6-9H2,1-2H3. The highest BCUT2D eigenvalue weighted by Gasteiger charge is 2.22. The largest absolute Gasteiger partial charge is 0.450 e. The van der Waals surface area contributed by atoms with Crippen molar-refractivity contribution in [3.8, 4) is 0 Å². The zero-order chi connectivity index (χ0) is 13.8. The van der Waals surface area contributed by atoms with Gasteiger partial charge in [0.15, 0.2) is 0 Å². The summed E-state index contributed by atoms with van der Waals surface area (Å²) >= 11 is 3.45. The Hall–Kier alpha value is -1.30. The summed E-state index contributed by atoms with van der Waals surface area (Å²) in [6, 6.07) is 4.01. The van der Waals surface area contributed by atoms with Crippen LogP contribution in [0.5, 0.6) is 0 Å². The van der Waals surface area contributed by atoms with Crippen LogP contribution in [0.15, 0.2) is 16.6 Å². The van der Waals surface area contributed by atoms with E-state index in [0.29, 0.717) is 19.7 Å². The maximum absolute atomic E-state index is 11.6. The summed E-state index contributed by atoms with van der Waals surface area (Å²) in [6.45, 7) is 7.14. The minimum absolute atomic E-state index is 0.220. The van der Waals surface area contributed by atoms with E-state index < -0.39 is 0 Å². The zero-order valence-corrected chi connectivity index (χ0v) is 12.8. The van der Waals surface area contributed by atoms with E-state index >= 15 is 0 Å². The van der Waals surface area contributed by atoms with E-state index in [-0.39, 0.29) is 6.09 Å². The van der Waals surface area contributed by atoms with Crippen molar-refractivity contribution in [2.75, 3.05) is 37.7 Å². The number of carbonyl (C=O) groups is 1. The summed E-state index contributed by atoms with van der Waals surface area (Å²) in [5.74, 6) is 0.962. The van der Waals surface area contributed by atoms with E-state index in [0.717, 1.165) is 29.1 Å². The van der Waals surface area contributed by atoms with Crippen LogP contribution in [0.3, 0.4) is 0 Å². The van der Waals surface area contributed by atoms with Crippen molar-refractivity contribution in [3.05, 3.63) is 22.3 Å². The molecule has 1 aromatic heterocycles. The predicted molar refractivity (Wildman–Crippen MR) is 77.5 cm³/mol. The van der Waals surface area contributed by atoms with Gasteiger partial charge in [0.05, 0.1) is 12.3 Å². The summed E-state index contributed by atoms with van der Waals surface area (Å²) in [5, 5.41) is 0. The number of aryl methyl sites for hydroxylation is 1. The lowest BCUT2D eigenvalue weighted by Gasteiger charge is -2.34. The van der Waals surface area contributed by atoms with Crippen molar-refractivity contribution in [2.45, 2.75) is 13.8 Å². The van der Waals surface area contributed by atoms with Gasteiger partial charge < -0.3 is 14.5 Å². The van der Waals surface area contributed by atoms with E-state index in [9.17, 15) is 4.79 Å². The number of carbonyl (C=O) groups excluding carboxylic acids is 1. The molecule has 2 heterocycles. The Morgan fingerprint density at radius 2 is 2.05 bits per heavy atom. The van der Waals surface area contributed by atoms with Gasteiger partial charge >= 0.3 is 6.09 Å². The van der Waals surface area contributed by atoms with Gasteiger partial charge in [0, 0.05) is 30.7 Å². The van der Waals surface area contributed by atoms with Crippen molar-refractivity contribution in [1.82, 2.24) is 9.88 Å². The van der Waals surface area contributed by atoms with Crippen LogP contribution < -0.4 is 4.90 Å². The second kappa shape index (κ2) is 6.23. The van der Waals surface area contributed by atoms with Crippen LogP contribution >= 0.6 is 15.9 Å². The molecule has 1 aromatic rings. The minimum atomic E-state index is -0.220. The van der Waals surface area contributed by atoms with Gasteiger partial charge in [-0.3, -0.25) is 0 Å². The Balaban J connectivity index is 1.96. The maximum atomic E-state index is 11.6. The van der Waals surface area contributed by atoms with Gasteiger partial charge in [-0.05, 0) is 41.9 Å². The smallest absolute Gasteiger partial charge is 0.409 e. The van der Waals surface area contributed by atoms with E-state index in [1.807, 2.05) is 26.0 Å². The van der Waals surface area contributed by atoms with Crippen molar-refractivity contribution >= 4 is 27.8 Å². The second-order valence-electron chi connectivity index (χ2n) is 4.41. The lowest BCUT2D eigenvalue weighted by atomic mass is 10.3. The quantitative estimate of drug-likeness (QED) is 0.836. The van der Waals surface area contributed by atoms with Gasteiger partial charge in [-0.15, -0.1) is 0 Å². The molecular weight excluding hydrogens is 310 g/mol. The molecule has 1 saturated heterocycles. The molecule has 0 bridgehead atoms. The molecule has 0 aliphatic carbocycles. The van der Waals surface area contributed by atoms with Crippen LogP contribution in [0.1, 0.15) is 12.6 Å². The third-order valence-corrected chi connectivity index (χ3v) is 3.97. The number of rotatable bonds is 2. The Labute approximate surface area is 121 Å². The van der Waals surface area contributed by atoms with Crippen molar-refractivity contribution in [3.63, 3.8) is 0 Å². The predicted octanol–water partition coefficient (Wildman–Crippen LogP) is 2.43. The molecule has 0 aromatic carbocycles. The van der Waals surface area contributed by atoms with Gasteiger partial charge in [-0.2, -0.15) is 0 Å². The molecule has 5 nitrogen and oxygen atoms in total. The van der Waals surface area contributed by atoms with Crippen LogP contribution in [-0.4, -0.2) is 48.8 Å². The summed E-state index contributed by atoms with van der Waals surface area (Å²) in [4.78, 5) is 20.1. The molecule has 1 aliphatic rings. The maximum Gasteiger partial charge on any atom is 0.409 e. The van der Waals surface area contributed by atoms with Gasteiger partial charge in [0.1, 0.15) is 5.82 Å². The number of aromatic nitrogens is 1. The zero-order valence-electron chi connectivity index (χ0n) is 11.2. The van der Waals surface area contributed by atoms with Crippen molar-refractivity contribution in [1.29, 1.82) is 0 Å². The van der Waals surface area contributed by atoms with Crippen LogP contribution in [0.4, 0.5) is 10.6 Å². The number of hydrogen-bond acceptors (Lipinski definition) is 4. The number of hydrogen-bond donors (Lipinski definition) is 0. The van der Waals surface area contributed by atoms with Gasteiger partial charge in [0.2, 0.25) is 0 Å². The van der Waals surface area contributed by atoms with Crippen LogP contribution in [0.2, 0.25) is 0 Å². The number of amides is 1. The average Bonchev–Trinajstić information content (AvgIpc) is 2.42. The highest BCUT2D eigenvalue weighted by atomic mass is 79.9. The molecule has 19 heavy (non-hydrogen) atoms. The normalized spacial score (nSPS) is 15.5. The summed E-state index contributed by atoms with van der Waals surface area (Å²) < 4.78 is 6.02. The molecule has 1 amide bonds. The average molecular weight is 328 g/mol. The third-order valence-electron chi connectivity index (χ3n) is 3.14. The van der Waals surface area contributed by atoms with Crippen molar-refractivity contribution in [2.24, 2.45) is 0 Å². The Kier molecular flexibility index (Phi) is 4.63. The fraction of sp³-hybridized carbons (Fsp3) is 0.538. The summed E-state index contributed by atoms with van der Waals surface area (Å²) in [6.07, 6.45) is -0.220. The molecule has 6 heteroatoms. The summed E-state index contributed by atoms with van der Waals surface area (Å²) in [7, 11) is 0. The molecule has 0 atom stereocenters. The molecular formula is C13H18BrN3O2. The van der Waals surface area contributed by atoms with Crippen LogP contribution in [0.25, 0.3) is 0 Å². The molecule has 0 N–H and O–H groups in total. The first-order chi connectivity index (χ1) is 9.11. The van der Waals surface area contributed by atoms with E-state index in [4.69, 9.17) is 4.74 Å². The third kappa shape index (κ3) is 3.37. The first kappa shape index (κ1) is 14.1. The van der Waals surface area contributed by atoms with Gasteiger partial charge in [-0.1, -0.05) is 0 Å². The molecule has 2 rings (SSSR count). The highest BCUT2D eigenvalue weighted by Crippen LogP contribution is 2.20. The molecule has 1 fully saturated rings. The lowest BCUT2D eigenvalue weighted by molar-refractivity contribution is 0.105. The fourth-order valence-electron chi connectivity index (χ4n) is 2.04. The van der Waals surface area contributed by atoms with Gasteiger partial charge in [-0.25, -0.2) is 9.78 Å². The molecule has 0 spiro atoms. The Bertz CT molecular complexity index is 459. The van der Waals surface area contributed by atoms with Crippen LogP contribution in [0, 0.1) is 6.92 Å². The second-order valence-corrected chi connectivity index (χ2v) is 5.26. The number of pyridine rings is 1. The monoisotopic (exact) mass is 327 g/mol. The molecule has 104 valence electrons. The number of piperazine rings is 1. The molecule has 0 radical (unpaired) electrons. The fourth-order valence-corrected chi connectivity index (χ4v) is 2.26. The first-order valence-electron chi connectivity index (χ1n) is 6.41. The van der Waals surface area contributed by atoms with E-state index in [2.05, 4.69) is 25.8 Å². The van der Waals surface area contributed by atoms with Crippen molar-refractivity contribution < 1.29 is 9.53 Å². The SMILES string of the molecule is CCOC(=O)N1CCN(c2ccc(Br)c(C)n2)CC1. The lowest BCUT2D eigenvalue weighted by Crippen LogP contribution is -2.49. The first-order valence-corrected chi connectivity index (χ1v) is 7.21. The van der Waals surface area contributed by atoms with Crippen LogP contribution in [-0.2, 0) is 4.74 Å². The Morgan fingerprint density at radius 1 is 1.37 bits per heavy atom. The molecule has 0 unspecified atom stereocenters. The number of nitrogens with zero attached hydrogens (tertiary/aromatic N) is 3. The van der Waals surface area contributed by atoms with Gasteiger partial charge in [0.25, 0.3) is 0 Å². The minimum Gasteiger partial charge on any atom is -0.450 e. The highest BCUT2D eigenvalue weighted by molar-refractivity contribution is 9.10.